The van der Waals surface area contributed by atoms with Gasteiger partial charge < -0.3 is 4.90 Å². The zero-order valence-electron chi connectivity index (χ0n) is 14.4. The van der Waals surface area contributed by atoms with Crippen LogP contribution >= 0.6 is 0 Å². The van der Waals surface area contributed by atoms with E-state index in [1.807, 2.05) is 69.6 Å². The van der Waals surface area contributed by atoms with Crippen LogP contribution in [0.15, 0.2) is 48.5 Å². The van der Waals surface area contributed by atoms with Gasteiger partial charge in [0.1, 0.15) is 0 Å². The molecule has 0 fully saturated rings. The van der Waals surface area contributed by atoms with Crippen LogP contribution in [0.25, 0.3) is 0 Å². The molecule has 4 nitrogen and oxygen atoms in total. The molecule has 0 aromatic heterocycles. The number of nitrogens with zero attached hydrogens (tertiary/aromatic N) is 2. The van der Waals surface area contributed by atoms with Crippen molar-refractivity contribution in [1.82, 2.24) is 4.90 Å². The minimum absolute atomic E-state index is 0.0373. The van der Waals surface area contributed by atoms with E-state index >= 15 is 0 Å². The van der Waals surface area contributed by atoms with Crippen molar-refractivity contribution in [3.8, 4) is 0 Å². The van der Waals surface area contributed by atoms with Crippen LogP contribution in [-0.4, -0.2) is 34.0 Å². The number of aryl methyl sites for hydroxylation is 1. The van der Waals surface area contributed by atoms with E-state index in [4.69, 9.17) is 0 Å². The summed E-state index contributed by atoms with van der Waals surface area (Å²) in [5, 5.41) is 0. The molecule has 1 heterocycles. The summed E-state index contributed by atoms with van der Waals surface area (Å²) in [6.45, 7) is 2.50. The van der Waals surface area contributed by atoms with Gasteiger partial charge in [-0.1, -0.05) is 48.0 Å². The number of benzene rings is 2. The molecule has 128 valence electrons. The van der Waals surface area contributed by atoms with Crippen molar-refractivity contribution in [2.45, 2.75) is 25.1 Å². The third-order valence-corrected chi connectivity index (χ3v) is 6.31. The van der Waals surface area contributed by atoms with Crippen molar-refractivity contribution >= 4 is 15.7 Å². The smallest absolute Gasteiger partial charge is 0.239 e. The minimum atomic E-state index is -3.40. The fourth-order valence-electron chi connectivity index (χ4n) is 3.43. The van der Waals surface area contributed by atoms with Crippen molar-refractivity contribution in [1.29, 1.82) is 0 Å². The summed E-state index contributed by atoms with van der Waals surface area (Å²) in [5.74, 6) is 0.0373. The minimum Gasteiger partial charge on any atom is -0.302 e. The molecule has 24 heavy (non-hydrogen) atoms. The summed E-state index contributed by atoms with van der Waals surface area (Å²) in [5.41, 5.74) is 3.81. The third-order valence-electron chi connectivity index (χ3n) is 4.56. The molecular weight excluding hydrogens is 320 g/mol. The van der Waals surface area contributed by atoms with Gasteiger partial charge in [0.15, 0.2) is 0 Å². The van der Waals surface area contributed by atoms with Crippen LogP contribution in [0.4, 0.5) is 5.69 Å². The highest BCUT2D eigenvalue weighted by Crippen LogP contribution is 2.38. The van der Waals surface area contributed by atoms with Gasteiger partial charge in [-0.2, -0.15) is 0 Å². The molecule has 2 aromatic carbocycles. The van der Waals surface area contributed by atoms with Gasteiger partial charge in [0.25, 0.3) is 0 Å². The van der Waals surface area contributed by atoms with E-state index in [1.165, 1.54) is 0 Å². The number of rotatable bonds is 4. The Balaban J connectivity index is 1.95. The Bertz CT molecular complexity index is 831. The second kappa shape index (κ2) is 6.57. The Kier molecular flexibility index (Phi) is 4.65. The Morgan fingerprint density at radius 1 is 1.12 bits per heavy atom. The van der Waals surface area contributed by atoms with E-state index in [0.29, 0.717) is 6.54 Å². The van der Waals surface area contributed by atoms with E-state index in [0.717, 1.165) is 28.8 Å². The normalized spacial score (nSPS) is 17.8. The first kappa shape index (κ1) is 17.0. The molecule has 1 unspecified atom stereocenters. The first-order valence-corrected chi connectivity index (χ1v) is 9.81. The number of anilines is 1. The summed E-state index contributed by atoms with van der Waals surface area (Å²) in [7, 11) is 0.679. The van der Waals surface area contributed by atoms with Crippen LogP contribution in [0.5, 0.6) is 0 Å². The highest BCUT2D eigenvalue weighted by molar-refractivity contribution is 7.92. The van der Waals surface area contributed by atoms with E-state index in [2.05, 4.69) is 4.90 Å². The van der Waals surface area contributed by atoms with Crippen molar-refractivity contribution in [3.63, 3.8) is 0 Å². The predicted molar refractivity (Wildman–Crippen MR) is 98.6 cm³/mol. The lowest BCUT2D eigenvalue weighted by atomic mass is 9.97. The second-order valence-electron chi connectivity index (χ2n) is 6.64. The van der Waals surface area contributed by atoms with Crippen LogP contribution in [0.2, 0.25) is 0 Å². The first-order valence-electron chi connectivity index (χ1n) is 8.20. The maximum Gasteiger partial charge on any atom is 0.239 e. The molecule has 1 atom stereocenters. The third kappa shape index (κ3) is 3.32. The highest BCUT2D eigenvalue weighted by Gasteiger charge is 2.32. The molecular formula is C19H24N2O2S. The molecule has 0 saturated heterocycles. The molecule has 1 aliphatic rings. The van der Waals surface area contributed by atoms with Gasteiger partial charge in [-0.3, -0.25) is 4.31 Å². The Hall–Kier alpha value is -1.85. The van der Waals surface area contributed by atoms with Crippen molar-refractivity contribution in [2.24, 2.45) is 0 Å². The quantitative estimate of drug-likeness (QED) is 0.854. The molecule has 0 N–H and O–H groups in total. The lowest BCUT2D eigenvalue weighted by Gasteiger charge is -2.37. The molecule has 0 spiro atoms. The zero-order valence-corrected chi connectivity index (χ0v) is 15.3. The van der Waals surface area contributed by atoms with Crippen LogP contribution in [0, 0.1) is 6.92 Å². The second-order valence-corrected chi connectivity index (χ2v) is 8.54. The average Bonchev–Trinajstić information content (AvgIpc) is 2.53. The molecule has 1 aliphatic heterocycles. The van der Waals surface area contributed by atoms with Crippen LogP contribution in [0.3, 0.4) is 0 Å². The lowest BCUT2D eigenvalue weighted by Crippen LogP contribution is -2.40. The van der Waals surface area contributed by atoms with Crippen molar-refractivity contribution in [2.75, 3.05) is 24.9 Å². The molecule has 2 aromatic rings. The first-order chi connectivity index (χ1) is 11.4. The molecule has 0 bridgehead atoms. The molecule has 0 saturated carbocycles. The van der Waals surface area contributed by atoms with Crippen LogP contribution < -0.4 is 4.31 Å². The standard InChI is InChI=1S/C19H24N2O2S/c1-15-7-6-8-16(13-15)14-24(22,23)21-12-11-18(20(2)3)17-9-4-5-10-19(17)21/h4-10,13,18H,11-12,14H2,1-3H3. The molecule has 5 heteroatoms. The molecule has 0 radical (unpaired) electrons. The highest BCUT2D eigenvalue weighted by atomic mass is 32.2. The number of para-hydroxylation sites is 1. The van der Waals surface area contributed by atoms with Crippen LogP contribution in [0.1, 0.15) is 29.2 Å². The monoisotopic (exact) mass is 344 g/mol. The number of fused-ring (bicyclic) bond motifs is 1. The Morgan fingerprint density at radius 3 is 2.58 bits per heavy atom. The Labute approximate surface area is 144 Å². The summed E-state index contributed by atoms with van der Waals surface area (Å²) < 4.78 is 27.6. The van der Waals surface area contributed by atoms with Gasteiger partial charge in [0.05, 0.1) is 11.4 Å². The maximum absolute atomic E-state index is 13.0. The van der Waals surface area contributed by atoms with Gasteiger partial charge >= 0.3 is 0 Å². The van der Waals surface area contributed by atoms with Gasteiger partial charge in [-0.15, -0.1) is 0 Å². The maximum atomic E-state index is 13.0. The fraction of sp³-hybridized carbons (Fsp3) is 0.368. The largest absolute Gasteiger partial charge is 0.302 e. The van der Waals surface area contributed by atoms with Gasteiger partial charge in [0.2, 0.25) is 10.0 Å². The van der Waals surface area contributed by atoms with E-state index in [1.54, 1.807) is 4.31 Å². The van der Waals surface area contributed by atoms with E-state index < -0.39 is 10.0 Å². The van der Waals surface area contributed by atoms with Gasteiger partial charge in [-0.05, 0) is 44.6 Å². The molecule has 3 rings (SSSR count). The number of hydrogen-bond donors (Lipinski definition) is 0. The van der Waals surface area contributed by atoms with E-state index in [-0.39, 0.29) is 11.8 Å². The summed E-state index contributed by atoms with van der Waals surface area (Å²) in [6.07, 6.45) is 0.803. The summed E-state index contributed by atoms with van der Waals surface area (Å²) >= 11 is 0. The summed E-state index contributed by atoms with van der Waals surface area (Å²) in [4.78, 5) is 2.16. The number of sulfonamides is 1. The van der Waals surface area contributed by atoms with Crippen molar-refractivity contribution in [3.05, 3.63) is 65.2 Å². The van der Waals surface area contributed by atoms with Crippen molar-refractivity contribution < 1.29 is 8.42 Å². The number of hydrogen-bond acceptors (Lipinski definition) is 3. The fourth-order valence-corrected chi connectivity index (χ4v) is 5.03. The van der Waals surface area contributed by atoms with Crippen LogP contribution in [-0.2, 0) is 15.8 Å². The predicted octanol–water partition coefficient (Wildman–Crippen LogP) is 3.34. The SMILES string of the molecule is Cc1cccc(CS(=O)(=O)N2CCC(N(C)C)c3ccccc32)c1. The molecule has 0 amide bonds. The van der Waals surface area contributed by atoms with Gasteiger partial charge in [-0.25, -0.2) is 8.42 Å². The zero-order chi connectivity index (χ0) is 17.3. The average molecular weight is 344 g/mol. The van der Waals surface area contributed by atoms with Gasteiger partial charge in [0, 0.05) is 12.6 Å². The molecule has 0 aliphatic carbocycles. The summed E-state index contributed by atoms with van der Waals surface area (Å²) in [6, 6.07) is 15.8. The van der Waals surface area contributed by atoms with E-state index in [9.17, 15) is 8.42 Å². The lowest BCUT2D eigenvalue weighted by molar-refractivity contribution is 0.281. The topological polar surface area (TPSA) is 40.6 Å². The Morgan fingerprint density at radius 2 is 1.88 bits per heavy atom.